The van der Waals surface area contributed by atoms with Crippen LogP contribution < -0.4 is 0 Å². The number of carbonyl (C=O) groups excluding carboxylic acids is 1. The first-order chi connectivity index (χ1) is 11.0. The van der Waals surface area contributed by atoms with E-state index < -0.39 is 36.7 Å². The predicted molar refractivity (Wildman–Crippen MR) is 82.5 cm³/mol. The van der Waals surface area contributed by atoms with Crippen LogP contribution in [0.4, 0.5) is 0 Å². The van der Waals surface area contributed by atoms with Gasteiger partial charge < -0.3 is 29.9 Å². The molecule has 1 heterocycles. The monoisotopic (exact) mass is 334 g/mol. The number of rotatable bonds is 10. The summed E-state index contributed by atoms with van der Waals surface area (Å²) < 4.78 is 9.80. The summed E-state index contributed by atoms with van der Waals surface area (Å²) >= 11 is 0. The van der Waals surface area contributed by atoms with Gasteiger partial charge in [0.2, 0.25) is 0 Å². The van der Waals surface area contributed by atoms with Crippen molar-refractivity contribution in [3.63, 3.8) is 0 Å². The molecule has 7 heteroatoms. The number of ether oxygens (including phenoxy) is 2. The molecule has 0 radical (unpaired) electrons. The zero-order valence-corrected chi connectivity index (χ0v) is 13.8. The maximum Gasteiger partial charge on any atom is 0.338 e. The molecule has 4 N–H and O–H groups in total. The van der Waals surface area contributed by atoms with Crippen LogP contribution in [0.15, 0.2) is 0 Å². The smallest absolute Gasteiger partial charge is 0.338 e. The number of unbranched alkanes of at least 4 members (excludes halogenated alkanes) is 7. The SMILES string of the molecule is CCCCCCCCCCOC(=O)[C@H]1O[C@@H](O)[C@H](O)[C@@H](O)[C@@H]1O. The van der Waals surface area contributed by atoms with E-state index in [-0.39, 0.29) is 6.61 Å². The molecule has 0 aliphatic carbocycles. The third kappa shape index (κ3) is 6.73. The van der Waals surface area contributed by atoms with Gasteiger partial charge in [-0.2, -0.15) is 0 Å². The van der Waals surface area contributed by atoms with Crippen LogP contribution in [-0.4, -0.2) is 63.7 Å². The zero-order chi connectivity index (χ0) is 17.2. The minimum Gasteiger partial charge on any atom is -0.464 e. The maximum atomic E-state index is 11.8. The highest BCUT2D eigenvalue weighted by Crippen LogP contribution is 2.21. The summed E-state index contributed by atoms with van der Waals surface area (Å²) in [5.41, 5.74) is 0. The molecule has 5 atom stereocenters. The van der Waals surface area contributed by atoms with Crippen LogP contribution in [0.2, 0.25) is 0 Å². The molecule has 0 unspecified atom stereocenters. The number of aliphatic hydroxyl groups is 4. The first-order valence-electron chi connectivity index (χ1n) is 8.53. The van der Waals surface area contributed by atoms with Crippen LogP contribution in [0, 0.1) is 0 Å². The predicted octanol–water partition coefficient (Wildman–Crippen LogP) is 0.470. The van der Waals surface area contributed by atoms with Crippen LogP contribution in [0.1, 0.15) is 58.3 Å². The molecule has 0 aromatic carbocycles. The van der Waals surface area contributed by atoms with Gasteiger partial charge in [-0.05, 0) is 6.42 Å². The van der Waals surface area contributed by atoms with Gasteiger partial charge in [0.1, 0.15) is 18.3 Å². The lowest BCUT2D eigenvalue weighted by Gasteiger charge is -2.36. The van der Waals surface area contributed by atoms with E-state index in [9.17, 15) is 25.2 Å². The van der Waals surface area contributed by atoms with E-state index in [1.807, 2.05) is 0 Å². The summed E-state index contributed by atoms with van der Waals surface area (Å²) in [4.78, 5) is 11.8. The van der Waals surface area contributed by atoms with Crippen LogP contribution in [0.25, 0.3) is 0 Å². The molecule has 136 valence electrons. The van der Waals surface area contributed by atoms with Crippen molar-refractivity contribution in [1.82, 2.24) is 0 Å². The average molecular weight is 334 g/mol. The lowest BCUT2D eigenvalue weighted by Crippen LogP contribution is -2.59. The Morgan fingerprint density at radius 1 is 0.870 bits per heavy atom. The van der Waals surface area contributed by atoms with E-state index in [4.69, 9.17) is 9.47 Å². The Hall–Kier alpha value is -0.730. The van der Waals surface area contributed by atoms with Gasteiger partial charge in [0.05, 0.1) is 6.61 Å². The van der Waals surface area contributed by atoms with Gasteiger partial charge in [0, 0.05) is 0 Å². The zero-order valence-electron chi connectivity index (χ0n) is 13.8. The van der Waals surface area contributed by atoms with Gasteiger partial charge in [-0.15, -0.1) is 0 Å². The highest BCUT2D eigenvalue weighted by Gasteiger charge is 2.46. The second kappa shape index (κ2) is 10.9. The molecule has 23 heavy (non-hydrogen) atoms. The molecule has 1 saturated heterocycles. The van der Waals surface area contributed by atoms with Gasteiger partial charge in [-0.25, -0.2) is 4.79 Å². The Kier molecular flexibility index (Phi) is 9.66. The van der Waals surface area contributed by atoms with Crippen LogP contribution >= 0.6 is 0 Å². The van der Waals surface area contributed by atoms with Crippen LogP contribution in [0.5, 0.6) is 0 Å². The number of hydrogen-bond donors (Lipinski definition) is 4. The largest absolute Gasteiger partial charge is 0.464 e. The molecule has 1 aliphatic heterocycles. The summed E-state index contributed by atoms with van der Waals surface area (Å²) in [6, 6.07) is 0. The number of hydrogen-bond acceptors (Lipinski definition) is 7. The van der Waals surface area contributed by atoms with E-state index in [1.165, 1.54) is 32.1 Å². The van der Waals surface area contributed by atoms with Crippen molar-refractivity contribution in [3.05, 3.63) is 0 Å². The van der Waals surface area contributed by atoms with Crippen molar-refractivity contribution >= 4 is 5.97 Å². The van der Waals surface area contributed by atoms with Crippen molar-refractivity contribution in [2.45, 2.75) is 89.0 Å². The van der Waals surface area contributed by atoms with E-state index >= 15 is 0 Å². The van der Waals surface area contributed by atoms with E-state index in [1.54, 1.807) is 0 Å². The lowest BCUT2D eigenvalue weighted by molar-refractivity contribution is -0.281. The van der Waals surface area contributed by atoms with Crippen molar-refractivity contribution in [1.29, 1.82) is 0 Å². The van der Waals surface area contributed by atoms with Crippen LogP contribution in [0.3, 0.4) is 0 Å². The molecule has 7 nitrogen and oxygen atoms in total. The van der Waals surface area contributed by atoms with Gasteiger partial charge in [0.15, 0.2) is 12.4 Å². The summed E-state index contributed by atoms with van der Waals surface area (Å²) in [5.74, 6) is -0.842. The highest BCUT2D eigenvalue weighted by atomic mass is 16.7. The first kappa shape index (κ1) is 20.3. The highest BCUT2D eigenvalue weighted by molar-refractivity contribution is 5.75. The second-order valence-electron chi connectivity index (χ2n) is 6.06. The molecule has 0 bridgehead atoms. The summed E-state index contributed by atoms with van der Waals surface area (Å²) in [7, 11) is 0. The van der Waals surface area contributed by atoms with Crippen molar-refractivity contribution in [2.24, 2.45) is 0 Å². The molecule has 1 fully saturated rings. The molecule has 0 spiro atoms. The number of esters is 1. The molecule has 0 aromatic rings. The molecule has 0 aromatic heterocycles. The first-order valence-corrected chi connectivity index (χ1v) is 8.53. The Morgan fingerprint density at radius 2 is 1.43 bits per heavy atom. The molecule has 1 rings (SSSR count). The minimum atomic E-state index is -1.73. The lowest BCUT2D eigenvalue weighted by atomic mass is 9.99. The van der Waals surface area contributed by atoms with Gasteiger partial charge in [0.25, 0.3) is 0 Å². The summed E-state index contributed by atoms with van der Waals surface area (Å²) in [6.07, 6.45) is 0.786. The number of carbonyl (C=O) groups is 1. The Balaban J connectivity index is 2.14. The second-order valence-corrected chi connectivity index (χ2v) is 6.06. The molecular formula is C16H30O7. The fourth-order valence-corrected chi connectivity index (χ4v) is 2.55. The maximum absolute atomic E-state index is 11.8. The molecule has 0 amide bonds. The van der Waals surface area contributed by atoms with E-state index in [2.05, 4.69) is 6.92 Å². The average Bonchev–Trinajstić information content (AvgIpc) is 2.54. The van der Waals surface area contributed by atoms with Crippen molar-refractivity contribution < 1.29 is 34.7 Å². The quantitative estimate of drug-likeness (QED) is 0.339. The Bertz CT molecular complexity index is 336. The third-order valence-corrected chi connectivity index (χ3v) is 4.06. The fourth-order valence-electron chi connectivity index (χ4n) is 2.55. The Labute approximate surface area is 137 Å². The standard InChI is InChI=1S/C16H30O7/c1-2-3-4-5-6-7-8-9-10-22-16(21)14-12(18)11(17)13(19)15(20)23-14/h11-15,17-20H,2-10H2,1H3/t11-,12-,13+,14-,15+/m0/s1. The van der Waals surface area contributed by atoms with Crippen molar-refractivity contribution in [3.8, 4) is 0 Å². The van der Waals surface area contributed by atoms with Crippen molar-refractivity contribution in [2.75, 3.05) is 6.61 Å². The summed E-state index contributed by atoms with van der Waals surface area (Å²) in [5, 5.41) is 37.9. The van der Waals surface area contributed by atoms with Crippen LogP contribution in [-0.2, 0) is 14.3 Å². The summed E-state index contributed by atoms with van der Waals surface area (Å²) in [6.45, 7) is 2.38. The third-order valence-electron chi connectivity index (χ3n) is 4.06. The minimum absolute atomic E-state index is 0.203. The molecule has 0 saturated carbocycles. The Morgan fingerprint density at radius 3 is 2.04 bits per heavy atom. The van der Waals surface area contributed by atoms with Gasteiger partial charge in [-0.3, -0.25) is 0 Å². The van der Waals surface area contributed by atoms with E-state index in [0.29, 0.717) is 0 Å². The molecule has 1 aliphatic rings. The molecular weight excluding hydrogens is 304 g/mol. The van der Waals surface area contributed by atoms with Gasteiger partial charge in [-0.1, -0.05) is 51.9 Å². The number of aliphatic hydroxyl groups excluding tert-OH is 4. The normalized spacial score (nSPS) is 31.1. The fraction of sp³-hybridized carbons (Fsp3) is 0.938. The topological polar surface area (TPSA) is 116 Å². The van der Waals surface area contributed by atoms with Gasteiger partial charge >= 0.3 is 5.97 Å². The van der Waals surface area contributed by atoms with E-state index in [0.717, 1.165) is 19.3 Å².